The van der Waals surface area contributed by atoms with Gasteiger partial charge in [-0.2, -0.15) is 4.98 Å². The molecule has 0 saturated heterocycles. The highest BCUT2D eigenvalue weighted by Gasteiger charge is 2.18. The van der Waals surface area contributed by atoms with E-state index in [1.165, 1.54) is 11.3 Å². The number of aromatic nitrogens is 4. The summed E-state index contributed by atoms with van der Waals surface area (Å²) in [6.45, 7) is 3.86. The van der Waals surface area contributed by atoms with Crippen molar-refractivity contribution >= 4 is 38.6 Å². The minimum atomic E-state index is 0.279. The van der Waals surface area contributed by atoms with E-state index in [0.717, 1.165) is 44.3 Å². The summed E-state index contributed by atoms with van der Waals surface area (Å²) in [7, 11) is 0. The number of nitrogens with zero attached hydrogens (tertiary/aromatic N) is 5. The van der Waals surface area contributed by atoms with Gasteiger partial charge in [0.15, 0.2) is 5.13 Å². The van der Waals surface area contributed by atoms with Gasteiger partial charge in [-0.1, -0.05) is 17.4 Å². The number of aryl methyl sites for hydroxylation is 1. The fourth-order valence-corrected chi connectivity index (χ4v) is 4.16. The molecule has 0 amide bonds. The van der Waals surface area contributed by atoms with E-state index in [4.69, 9.17) is 16.2 Å². The van der Waals surface area contributed by atoms with Gasteiger partial charge in [0.05, 0.1) is 6.54 Å². The Bertz CT molecular complexity index is 1200. The molecule has 4 heterocycles. The Hall–Kier alpha value is -3.46. The van der Waals surface area contributed by atoms with Crippen LogP contribution in [-0.4, -0.2) is 33.1 Å². The second-order valence-electron chi connectivity index (χ2n) is 6.92. The molecule has 4 N–H and O–H groups in total. The second-order valence-corrected chi connectivity index (χ2v) is 7.93. The molecule has 9 heteroatoms. The number of hydrogen-bond acceptors (Lipinski definition) is 9. The first-order valence-electron chi connectivity index (χ1n) is 9.19. The summed E-state index contributed by atoms with van der Waals surface area (Å²) in [5, 5.41) is 0.523. The van der Waals surface area contributed by atoms with Crippen LogP contribution in [0.25, 0.3) is 21.5 Å². The van der Waals surface area contributed by atoms with Crippen LogP contribution in [0.4, 0.5) is 16.9 Å². The number of rotatable bonds is 2. The van der Waals surface area contributed by atoms with E-state index in [0.29, 0.717) is 24.8 Å². The van der Waals surface area contributed by atoms with Crippen LogP contribution < -0.4 is 21.1 Å². The molecular formula is C20H19N7OS. The standard InChI is InChI=1S/C20H19N7OS/c1-11-6-17(26-19(21)24-11)27-4-5-28-16-3-2-12(7-14(16)10-27)13-8-15-18(23-9-13)29-20(22)25-15/h2-3,6-9H,4-5,10H2,1H3,(H2,22,25)(H2,21,24,26). The molecule has 8 nitrogen and oxygen atoms in total. The summed E-state index contributed by atoms with van der Waals surface area (Å²) in [5.74, 6) is 1.96. The largest absolute Gasteiger partial charge is 0.491 e. The third kappa shape index (κ3) is 3.40. The van der Waals surface area contributed by atoms with E-state index in [1.54, 1.807) is 0 Å². The lowest BCUT2D eigenvalue weighted by Gasteiger charge is -2.21. The van der Waals surface area contributed by atoms with Crippen LogP contribution in [-0.2, 0) is 6.54 Å². The molecule has 1 aromatic carbocycles. The van der Waals surface area contributed by atoms with Gasteiger partial charge in [-0.3, -0.25) is 0 Å². The SMILES string of the molecule is Cc1cc(N2CCOc3ccc(-c4cnc5sc(N)nc5c4)cc3C2)nc(N)n1. The molecule has 1 aliphatic heterocycles. The summed E-state index contributed by atoms with van der Waals surface area (Å²) in [5.41, 5.74) is 16.4. The zero-order chi connectivity index (χ0) is 20.0. The molecule has 29 heavy (non-hydrogen) atoms. The van der Waals surface area contributed by atoms with Gasteiger partial charge in [-0.25, -0.2) is 15.0 Å². The average molecular weight is 405 g/mol. The molecule has 0 atom stereocenters. The van der Waals surface area contributed by atoms with Crippen LogP contribution >= 0.6 is 11.3 Å². The van der Waals surface area contributed by atoms with Crippen molar-refractivity contribution in [2.45, 2.75) is 13.5 Å². The molecule has 0 spiro atoms. The zero-order valence-electron chi connectivity index (χ0n) is 15.8. The van der Waals surface area contributed by atoms with Gasteiger partial charge < -0.3 is 21.1 Å². The van der Waals surface area contributed by atoms with E-state index < -0.39 is 0 Å². The van der Waals surface area contributed by atoms with Crippen molar-refractivity contribution < 1.29 is 4.74 Å². The summed E-state index contributed by atoms with van der Waals surface area (Å²) >= 11 is 1.39. The van der Waals surface area contributed by atoms with Gasteiger partial charge in [-0.05, 0) is 30.7 Å². The number of ether oxygens (including phenoxy) is 1. The predicted octanol–water partition coefficient (Wildman–Crippen LogP) is 3.02. The normalized spacial score (nSPS) is 13.8. The van der Waals surface area contributed by atoms with Gasteiger partial charge in [0.25, 0.3) is 0 Å². The van der Waals surface area contributed by atoms with Gasteiger partial charge in [0.2, 0.25) is 5.95 Å². The number of benzene rings is 1. The Labute approximate surface area is 171 Å². The van der Waals surface area contributed by atoms with Crippen molar-refractivity contribution in [2.75, 3.05) is 29.5 Å². The average Bonchev–Trinajstić information content (AvgIpc) is 2.92. The first-order valence-corrected chi connectivity index (χ1v) is 10.0. The lowest BCUT2D eigenvalue weighted by Crippen LogP contribution is -2.26. The maximum atomic E-state index is 5.97. The van der Waals surface area contributed by atoms with Crippen LogP contribution in [0.3, 0.4) is 0 Å². The quantitative estimate of drug-likeness (QED) is 0.523. The van der Waals surface area contributed by atoms with E-state index in [9.17, 15) is 0 Å². The third-order valence-corrected chi connectivity index (χ3v) is 5.63. The molecular weight excluding hydrogens is 386 g/mol. The van der Waals surface area contributed by atoms with E-state index in [-0.39, 0.29) is 5.95 Å². The molecule has 0 unspecified atom stereocenters. The molecule has 3 aromatic heterocycles. The van der Waals surface area contributed by atoms with Crippen LogP contribution in [0.15, 0.2) is 36.5 Å². The highest BCUT2D eigenvalue weighted by atomic mass is 32.1. The van der Waals surface area contributed by atoms with Gasteiger partial charge >= 0.3 is 0 Å². The molecule has 0 radical (unpaired) electrons. The molecule has 0 saturated carbocycles. The fraction of sp³-hybridized carbons (Fsp3) is 0.200. The zero-order valence-corrected chi connectivity index (χ0v) is 16.6. The lowest BCUT2D eigenvalue weighted by atomic mass is 10.0. The molecule has 0 aliphatic carbocycles. The Morgan fingerprint density at radius 3 is 2.83 bits per heavy atom. The number of pyridine rings is 1. The highest BCUT2D eigenvalue weighted by Crippen LogP contribution is 2.32. The van der Waals surface area contributed by atoms with E-state index in [1.807, 2.05) is 37.4 Å². The predicted molar refractivity (Wildman–Crippen MR) is 115 cm³/mol. The highest BCUT2D eigenvalue weighted by molar-refractivity contribution is 7.21. The van der Waals surface area contributed by atoms with Crippen molar-refractivity contribution in [1.29, 1.82) is 0 Å². The van der Waals surface area contributed by atoms with Gasteiger partial charge in [0, 0.05) is 35.6 Å². The number of hydrogen-bond donors (Lipinski definition) is 2. The Balaban J connectivity index is 1.51. The number of nitrogens with two attached hydrogens (primary N) is 2. The van der Waals surface area contributed by atoms with Crippen LogP contribution in [0.2, 0.25) is 0 Å². The lowest BCUT2D eigenvalue weighted by molar-refractivity contribution is 0.331. The Kier molecular flexibility index (Phi) is 4.17. The van der Waals surface area contributed by atoms with Gasteiger partial charge in [-0.15, -0.1) is 0 Å². The minimum Gasteiger partial charge on any atom is -0.491 e. The molecule has 4 aromatic rings. The molecule has 0 bridgehead atoms. The molecule has 5 rings (SSSR count). The monoisotopic (exact) mass is 405 g/mol. The topological polar surface area (TPSA) is 116 Å². The number of fused-ring (bicyclic) bond motifs is 2. The number of anilines is 3. The van der Waals surface area contributed by atoms with Gasteiger partial charge in [0.1, 0.15) is 28.5 Å². The molecule has 146 valence electrons. The van der Waals surface area contributed by atoms with E-state index in [2.05, 4.69) is 30.9 Å². The number of thiazole rings is 1. The van der Waals surface area contributed by atoms with E-state index >= 15 is 0 Å². The van der Waals surface area contributed by atoms with Crippen molar-refractivity contribution in [2.24, 2.45) is 0 Å². The number of nitrogen functional groups attached to an aromatic ring is 2. The smallest absolute Gasteiger partial charge is 0.222 e. The van der Waals surface area contributed by atoms with Crippen molar-refractivity contribution in [3.8, 4) is 16.9 Å². The Morgan fingerprint density at radius 1 is 1.07 bits per heavy atom. The van der Waals surface area contributed by atoms with Crippen LogP contribution in [0, 0.1) is 6.92 Å². The van der Waals surface area contributed by atoms with Crippen LogP contribution in [0.5, 0.6) is 5.75 Å². The van der Waals surface area contributed by atoms with Crippen molar-refractivity contribution in [3.05, 3.63) is 47.8 Å². The van der Waals surface area contributed by atoms with Crippen molar-refractivity contribution in [1.82, 2.24) is 19.9 Å². The summed E-state index contributed by atoms with van der Waals surface area (Å²) in [6.07, 6.45) is 1.85. The van der Waals surface area contributed by atoms with Crippen LogP contribution in [0.1, 0.15) is 11.3 Å². The first-order chi connectivity index (χ1) is 14.0. The second kappa shape index (κ2) is 6.85. The molecule has 1 aliphatic rings. The maximum Gasteiger partial charge on any atom is 0.222 e. The summed E-state index contributed by atoms with van der Waals surface area (Å²) in [6, 6.07) is 10.1. The summed E-state index contributed by atoms with van der Waals surface area (Å²) in [4.78, 5) is 20.4. The van der Waals surface area contributed by atoms with Crippen molar-refractivity contribution in [3.63, 3.8) is 0 Å². The summed E-state index contributed by atoms with van der Waals surface area (Å²) < 4.78 is 5.97. The first kappa shape index (κ1) is 17.6. The third-order valence-electron chi connectivity index (χ3n) is 4.82. The maximum absolute atomic E-state index is 5.97. The fourth-order valence-electron chi connectivity index (χ4n) is 3.50. The Morgan fingerprint density at radius 2 is 1.97 bits per heavy atom. The molecule has 0 fully saturated rings. The minimum absolute atomic E-state index is 0.279.